The lowest BCUT2D eigenvalue weighted by Crippen LogP contribution is -1.96. The molecule has 0 saturated heterocycles. The van der Waals surface area contributed by atoms with Crippen LogP contribution in [0.2, 0.25) is 0 Å². The third-order valence-electron chi connectivity index (χ3n) is 3.48. The quantitative estimate of drug-likeness (QED) is 0.754. The van der Waals surface area contributed by atoms with Crippen LogP contribution < -0.4 is 9.47 Å². The highest BCUT2D eigenvalue weighted by Gasteiger charge is 2.18. The van der Waals surface area contributed by atoms with E-state index in [0.29, 0.717) is 22.7 Å². The van der Waals surface area contributed by atoms with Gasteiger partial charge in [0, 0.05) is 10.9 Å². The Hall–Kier alpha value is -3.02. The van der Waals surface area contributed by atoms with Crippen LogP contribution in [-0.4, -0.2) is 28.1 Å². The van der Waals surface area contributed by atoms with E-state index in [0.717, 1.165) is 10.9 Å². The molecule has 6 heteroatoms. The molecule has 2 aromatic carbocycles. The molecule has 0 bridgehead atoms. The van der Waals surface area contributed by atoms with Gasteiger partial charge in [0.1, 0.15) is 5.69 Å². The highest BCUT2D eigenvalue weighted by Crippen LogP contribution is 2.37. The van der Waals surface area contributed by atoms with Crippen LogP contribution in [0.1, 0.15) is 10.4 Å². The Labute approximate surface area is 118 Å². The normalized spacial score (nSPS) is 12.8. The zero-order valence-corrected chi connectivity index (χ0v) is 10.8. The number of nitrogens with one attached hydrogen (secondary N) is 1. The van der Waals surface area contributed by atoms with Crippen molar-refractivity contribution in [3.05, 3.63) is 42.0 Å². The highest BCUT2D eigenvalue weighted by molar-refractivity contribution is 6.05. The maximum Gasteiger partial charge on any atom is 0.337 e. The molecule has 0 spiro atoms. The first-order valence-corrected chi connectivity index (χ1v) is 6.34. The van der Waals surface area contributed by atoms with E-state index < -0.39 is 5.97 Å². The Kier molecular flexibility index (Phi) is 2.38. The summed E-state index contributed by atoms with van der Waals surface area (Å²) in [4.78, 5) is 11.2. The van der Waals surface area contributed by atoms with Crippen molar-refractivity contribution < 1.29 is 19.4 Å². The van der Waals surface area contributed by atoms with Gasteiger partial charge in [0.15, 0.2) is 11.5 Å². The molecule has 0 atom stereocenters. The lowest BCUT2D eigenvalue weighted by molar-refractivity contribution is 0.0699. The van der Waals surface area contributed by atoms with Gasteiger partial charge in [0.25, 0.3) is 0 Å². The van der Waals surface area contributed by atoms with Crippen LogP contribution >= 0.6 is 0 Å². The first-order valence-electron chi connectivity index (χ1n) is 6.34. The number of hydrogen-bond donors (Lipinski definition) is 2. The molecule has 2 heterocycles. The first-order chi connectivity index (χ1) is 10.2. The minimum Gasteiger partial charge on any atom is -0.478 e. The summed E-state index contributed by atoms with van der Waals surface area (Å²) in [6.07, 6.45) is 0. The molecule has 1 aliphatic rings. The second kappa shape index (κ2) is 4.24. The van der Waals surface area contributed by atoms with Crippen molar-refractivity contribution in [2.24, 2.45) is 0 Å². The van der Waals surface area contributed by atoms with E-state index in [4.69, 9.17) is 9.47 Å². The van der Waals surface area contributed by atoms with Crippen molar-refractivity contribution in [3.8, 4) is 22.8 Å². The number of para-hydroxylation sites is 1. The van der Waals surface area contributed by atoms with Gasteiger partial charge in [-0.2, -0.15) is 5.10 Å². The molecule has 2 N–H and O–H groups in total. The Morgan fingerprint density at radius 3 is 2.90 bits per heavy atom. The summed E-state index contributed by atoms with van der Waals surface area (Å²) in [5.41, 5.74) is 2.24. The zero-order chi connectivity index (χ0) is 14.4. The maximum atomic E-state index is 11.2. The van der Waals surface area contributed by atoms with Crippen LogP contribution in [-0.2, 0) is 0 Å². The smallest absolute Gasteiger partial charge is 0.337 e. The number of aromatic nitrogens is 2. The van der Waals surface area contributed by atoms with Gasteiger partial charge in [-0.3, -0.25) is 5.10 Å². The van der Waals surface area contributed by atoms with Gasteiger partial charge in [-0.05, 0) is 24.3 Å². The average molecular weight is 282 g/mol. The van der Waals surface area contributed by atoms with Crippen LogP contribution in [0.25, 0.3) is 22.2 Å². The monoisotopic (exact) mass is 282 g/mol. The molecule has 1 aliphatic heterocycles. The first kappa shape index (κ1) is 11.8. The summed E-state index contributed by atoms with van der Waals surface area (Å²) in [5, 5.41) is 17.0. The number of carboxylic acid groups (broad SMARTS) is 1. The third kappa shape index (κ3) is 1.73. The molecule has 0 aliphatic carbocycles. The number of hydrogen-bond acceptors (Lipinski definition) is 4. The molecule has 6 nitrogen and oxygen atoms in total. The largest absolute Gasteiger partial charge is 0.478 e. The molecule has 3 aromatic rings. The Morgan fingerprint density at radius 1 is 1.19 bits per heavy atom. The third-order valence-corrected chi connectivity index (χ3v) is 3.48. The summed E-state index contributed by atoms with van der Waals surface area (Å²) < 4.78 is 10.6. The second-order valence-electron chi connectivity index (χ2n) is 4.67. The molecule has 104 valence electrons. The fourth-order valence-electron chi connectivity index (χ4n) is 2.48. The molecule has 0 amide bonds. The fraction of sp³-hybridized carbons (Fsp3) is 0.0667. The van der Waals surface area contributed by atoms with Crippen LogP contribution in [0.5, 0.6) is 11.5 Å². The van der Waals surface area contributed by atoms with E-state index in [-0.39, 0.29) is 12.4 Å². The molecular weight excluding hydrogens is 272 g/mol. The van der Waals surface area contributed by atoms with Gasteiger partial charge < -0.3 is 14.6 Å². The molecule has 0 unspecified atom stereocenters. The Bertz CT molecular complexity index is 869. The molecule has 0 saturated carbocycles. The predicted molar refractivity (Wildman–Crippen MR) is 74.6 cm³/mol. The van der Waals surface area contributed by atoms with Crippen molar-refractivity contribution in [1.29, 1.82) is 0 Å². The van der Waals surface area contributed by atoms with E-state index in [1.807, 2.05) is 24.3 Å². The van der Waals surface area contributed by atoms with E-state index >= 15 is 0 Å². The van der Waals surface area contributed by atoms with Gasteiger partial charge in [-0.25, -0.2) is 4.79 Å². The van der Waals surface area contributed by atoms with E-state index in [1.165, 1.54) is 0 Å². The zero-order valence-electron chi connectivity index (χ0n) is 10.8. The summed E-state index contributed by atoms with van der Waals surface area (Å²) in [5.74, 6) is 0.379. The number of carboxylic acids is 1. The summed E-state index contributed by atoms with van der Waals surface area (Å²) >= 11 is 0. The number of aromatic amines is 1. The number of benzene rings is 2. The summed E-state index contributed by atoms with van der Waals surface area (Å²) in [7, 11) is 0. The number of H-pyrrole nitrogens is 1. The lowest BCUT2D eigenvalue weighted by atomic mass is 10.0. The average Bonchev–Trinajstić information content (AvgIpc) is 3.12. The maximum absolute atomic E-state index is 11.2. The lowest BCUT2D eigenvalue weighted by Gasteiger charge is -2.01. The molecule has 21 heavy (non-hydrogen) atoms. The van der Waals surface area contributed by atoms with Crippen molar-refractivity contribution in [2.75, 3.05) is 6.79 Å². The Morgan fingerprint density at radius 2 is 2.05 bits per heavy atom. The SMILES string of the molecule is O=C(O)c1cccc2c(-c3ccc4c(c3)OCO4)n[nH]c12. The molecule has 4 rings (SSSR count). The van der Waals surface area contributed by atoms with Crippen molar-refractivity contribution in [3.63, 3.8) is 0 Å². The molecule has 0 fully saturated rings. The minimum absolute atomic E-state index is 0.201. The van der Waals surface area contributed by atoms with Crippen LogP contribution in [0.15, 0.2) is 36.4 Å². The summed E-state index contributed by atoms with van der Waals surface area (Å²) in [6, 6.07) is 10.6. The van der Waals surface area contributed by atoms with Gasteiger partial charge in [-0.1, -0.05) is 12.1 Å². The van der Waals surface area contributed by atoms with E-state index in [2.05, 4.69) is 10.2 Å². The van der Waals surface area contributed by atoms with Crippen molar-refractivity contribution in [1.82, 2.24) is 10.2 Å². The van der Waals surface area contributed by atoms with Gasteiger partial charge in [0.2, 0.25) is 6.79 Å². The standard InChI is InChI=1S/C15H10N2O4/c18-15(19)10-3-1-2-9-13(16-17-14(9)10)8-4-5-11-12(6-8)21-7-20-11/h1-6H,7H2,(H,16,17)(H,18,19). The predicted octanol–water partition coefficient (Wildman–Crippen LogP) is 2.66. The van der Waals surface area contributed by atoms with Crippen LogP contribution in [0, 0.1) is 0 Å². The van der Waals surface area contributed by atoms with E-state index in [9.17, 15) is 9.90 Å². The summed E-state index contributed by atoms with van der Waals surface area (Å²) in [6.45, 7) is 0.212. The van der Waals surface area contributed by atoms with Gasteiger partial charge >= 0.3 is 5.97 Å². The second-order valence-corrected chi connectivity index (χ2v) is 4.67. The van der Waals surface area contributed by atoms with Gasteiger partial charge in [0.05, 0.1) is 11.1 Å². The van der Waals surface area contributed by atoms with Gasteiger partial charge in [-0.15, -0.1) is 0 Å². The number of rotatable bonds is 2. The van der Waals surface area contributed by atoms with Crippen LogP contribution in [0.3, 0.4) is 0 Å². The number of fused-ring (bicyclic) bond motifs is 2. The van der Waals surface area contributed by atoms with E-state index in [1.54, 1.807) is 12.1 Å². The number of ether oxygens (including phenoxy) is 2. The van der Waals surface area contributed by atoms with Crippen molar-refractivity contribution >= 4 is 16.9 Å². The molecule has 1 aromatic heterocycles. The number of aromatic carboxylic acids is 1. The van der Waals surface area contributed by atoms with Crippen molar-refractivity contribution in [2.45, 2.75) is 0 Å². The number of carbonyl (C=O) groups is 1. The minimum atomic E-state index is -0.985. The Balaban J connectivity index is 1.91. The highest BCUT2D eigenvalue weighted by atomic mass is 16.7. The molecular formula is C15H10N2O4. The molecule has 0 radical (unpaired) electrons. The van der Waals surface area contributed by atoms with Crippen LogP contribution in [0.4, 0.5) is 0 Å². The fourth-order valence-corrected chi connectivity index (χ4v) is 2.48. The number of nitrogens with zero attached hydrogens (tertiary/aromatic N) is 1. The topological polar surface area (TPSA) is 84.4 Å².